The van der Waals surface area contributed by atoms with Gasteiger partial charge in [0.2, 0.25) is 12.5 Å². The lowest BCUT2D eigenvalue weighted by molar-refractivity contribution is -0.686. The summed E-state index contributed by atoms with van der Waals surface area (Å²) in [4.78, 5) is 4.69. The Kier molecular flexibility index (Phi) is 7.01. The molecular weight excluding hydrogens is 637 g/mol. The van der Waals surface area contributed by atoms with Crippen LogP contribution in [0, 0.1) is 3.57 Å². The molecule has 7 nitrogen and oxygen atoms in total. The van der Waals surface area contributed by atoms with Crippen molar-refractivity contribution in [3.05, 3.63) is 63.9 Å². The molecule has 9 heteroatoms. The van der Waals surface area contributed by atoms with Crippen LogP contribution in [-0.2, 0) is 13.0 Å². The minimum Gasteiger partial charge on any atom is -0.493 e. The number of methoxy groups -OCH3 is 1. The highest BCUT2D eigenvalue weighted by atomic mass is 127. The number of hydrogen-bond acceptors (Lipinski definition) is 7. The minimum atomic E-state index is 0.287. The van der Waals surface area contributed by atoms with Gasteiger partial charge in [0.25, 0.3) is 0 Å². The Hall–Kier alpha value is -3.31. The van der Waals surface area contributed by atoms with Gasteiger partial charge in [-0.2, -0.15) is 4.57 Å². The molecule has 0 spiro atoms. The van der Waals surface area contributed by atoms with E-state index in [1.165, 1.54) is 25.1 Å². The van der Waals surface area contributed by atoms with Gasteiger partial charge in [0.15, 0.2) is 40.9 Å². The maximum absolute atomic E-state index is 6.37. The maximum atomic E-state index is 6.37. The van der Waals surface area contributed by atoms with Crippen LogP contribution in [0.2, 0.25) is 0 Å². The molecule has 40 heavy (non-hydrogen) atoms. The lowest BCUT2D eigenvalue weighted by Crippen LogP contribution is -2.40. The number of nitrogens with one attached hydrogen (secondary N) is 1. The summed E-state index contributed by atoms with van der Waals surface area (Å²) >= 11 is 4.06. The van der Waals surface area contributed by atoms with Crippen molar-refractivity contribution >= 4 is 60.0 Å². The number of thiazole rings is 1. The molecule has 4 heterocycles. The number of rotatable bonds is 9. The van der Waals surface area contributed by atoms with Gasteiger partial charge in [-0.3, -0.25) is 0 Å². The lowest BCUT2D eigenvalue weighted by Gasteiger charge is -2.18. The van der Waals surface area contributed by atoms with Gasteiger partial charge in [-0.25, -0.2) is 4.98 Å². The molecule has 1 N–H and O–H groups in total. The van der Waals surface area contributed by atoms with E-state index in [0.717, 1.165) is 83.2 Å². The van der Waals surface area contributed by atoms with Crippen LogP contribution in [-0.4, -0.2) is 32.0 Å². The lowest BCUT2D eigenvalue weighted by atomic mass is 9.95. The van der Waals surface area contributed by atoms with Crippen molar-refractivity contribution in [2.75, 3.05) is 32.4 Å². The number of fused-ring (bicyclic) bond motifs is 6. The number of anilines is 1. The van der Waals surface area contributed by atoms with Crippen LogP contribution in [0.1, 0.15) is 24.8 Å². The van der Waals surface area contributed by atoms with Crippen molar-refractivity contribution in [1.29, 1.82) is 0 Å². The number of ether oxygens (including phenoxy) is 4. The van der Waals surface area contributed by atoms with Crippen molar-refractivity contribution in [1.82, 2.24) is 4.98 Å². The molecule has 0 saturated carbocycles. The van der Waals surface area contributed by atoms with Crippen molar-refractivity contribution in [2.45, 2.75) is 32.2 Å². The molecular formula is C31H29IN3O4S+. The Bertz CT molecular complexity index is 1740. The smallest absolute Gasteiger partial charge is 0.231 e. The van der Waals surface area contributed by atoms with E-state index in [9.17, 15) is 0 Å². The zero-order valence-corrected chi connectivity index (χ0v) is 25.1. The molecule has 0 bridgehead atoms. The molecule has 2 aromatic heterocycles. The standard InChI is InChI=1S/C31H29IN3O4S/c1-36-26-8-5-19-13-25-22-16-28-27(38-18-39-28)14-20(22)9-11-35(25)17-23(19)30(26)37-12-4-2-3-10-33-31-34-24-7-6-21(32)15-29(24)40-31/h5-8,13-17H,2-4,9-12,18H2,1H3,(H,33,34)/q+1. The zero-order valence-electron chi connectivity index (χ0n) is 22.2. The van der Waals surface area contributed by atoms with Crippen molar-refractivity contribution < 1.29 is 23.5 Å². The second kappa shape index (κ2) is 10.9. The fourth-order valence-corrected chi connectivity index (χ4v) is 7.09. The third-order valence-electron chi connectivity index (χ3n) is 7.49. The van der Waals surface area contributed by atoms with Crippen LogP contribution in [0.25, 0.3) is 32.2 Å². The molecule has 2 aliphatic rings. The highest BCUT2D eigenvalue weighted by Gasteiger charge is 2.28. The van der Waals surface area contributed by atoms with Gasteiger partial charge in [0.05, 0.1) is 34.9 Å². The molecule has 0 amide bonds. The molecule has 3 aromatic carbocycles. The first-order valence-corrected chi connectivity index (χ1v) is 15.5. The molecule has 0 saturated heterocycles. The van der Waals surface area contributed by atoms with E-state index >= 15 is 0 Å². The van der Waals surface area contributed by atoms with Gasteiger partial charge in [-0.05, 0) is 95.3 Å². The number of halogens is 1. The van der Waals surface area contributed by atoms with E-state index in [-0.39, 0.29) is 6.79 Å². The highest BCUT2D eigenvalue weighted by Crippen LogP contribution is 2.41. The number of pyridine rings is 1. The fraction of sp³-hybridized carbons (Fsp3) is 0.290. The molecule has 7 rings (SSSR count). The summed E-state index contributed by atoms with van der Waals surface area (Å²) in [5, 5.41) is 6.67. The van der Waals surface area contributed by atoms with Crippen LogP contribution in [0.4, 0.5) is 5.13 Å². The average Bonchev–Trinajstić information content (AvgIpc) is 3.60. The van der Waals surface area contributed by atoms with E-state index in [1.54, 1.807) is 18.4 Å². The monoisotopic (exact) mass is 666 g/mol. The van der Waals surface area contributed by atoms with Crippen molar-refractivity contribution in [2.24, 2.45) is 0 Å². The Morgan fingerprint density at radius 2 is 1.95 bits per heavy atom. The summed E-state index contributed by atoms with van der Waals surface area (Å²) in [6, 6.07) is 17.0. The highest BCUT2D eigenvalue weighted by molar-refractivity contribution is 14.1. The molecule has 0 radical (unpaired) electrons. The van der Waals surface area contributed by atoms with E-state index in [0.29, 0.717) is 6.61 Å². The predicted molar refractivity (Wildman–Crippen MR) is 166 cm³/mol. The molecule has 0 fully saturated rings. The summed E-state index contributed by atoms with van der Waals surface area (Å²) < 4.78 is 28.1. The number of hydrogen-bond donors (Lipinski definition) is 1. The Morgan fingerprint density at radius 1 is 1.05 bits per heavy atom. The summed E-state index contributed by atoms with van der Waals surface area (Å²) in [5.74, 6) is 3.24. The second-order valence-electron chi connectivity index (χ2n) is 10.0. The van der Waals surface area contributed by atoms with Crippen LogP contribution in [0.5, 0.6) is 23.0 Å². The third-order valence-corrected chi connectivity index (χ3v) is 9.14. The Morgan fingerprint density at radius 3 is 2.85 bits per heavy atom. The van der Waals surface area contributed by atoms with E-state index in [2.05, 4.69) is 86.1 Å². The molecule has 2 aliphatic heterocycles. The van der Waals surface area contributed by atoms with Crippen molar-refractivity contribution in [3.63, 3.8) is 0 Å². The van der Waals surface area contributed by atoms with Crippen molar-refractivity contribution in [3.8, 4) is 34.3 Å². The van der Waals surface area contributed by atoms with Gasteiger partial charge in [0, 0.05) is 22.6 Å². The van der Waals surface area contributed by atoms with Gasteiger partial charge < -0.3 is 24.3 Å². The van der Waals surface area contributed by atoms with Gasteiger partial charge in [0.1, 0.15) is 0 Å². The number of aryl methyl sites for hydroxylation is 2. The minimum absolute atomic E-state index is 0.287. The molecule has 204 valence electrons. The molecule has 0 aliphatic carbocycles. The second-order valence-corrected chi connectivity index (χ2v) is 12.3. The summed E-state index contributed by atoms with van der Waals surface area (Å²) in [7, 11) is 1.70. The van der Waals surface area contributed by atoms with Crippen LogP contribution >= 0.6 is 33.9 Å². The van der Waals surface area contributed by atoms with Gasteiger partial charge in [-0.15, -0.1) is 0 Å². The molecule has 0 unspecified atom stereocenters. The Labute approximate surface area is 250 Å². The normalized spacial score (nSPS) is 13.3. The maximum Gasteiger partial charge on any atom is 0.231 e. The fourth-order valence-electron chi connectivity index (χ4n) is 5.45. The van der Waals surface area contributed by atoms with Gasteiger partial charge >= 0.3 is 0 Å². The topological polar surface area (TPSA) is 65.7 Å². The van der Waals surface area contributed by atoms with E-state index in [1.807, 2.05) is 6.07 Å². The number of benzene rings is 3. The largest absolute Gasteiger partial charge is 0.493 e. The number of nitrogens with zero attached hydrogens (tertiary/aromatic N) is 2. The average molecular weight is 667 g/mol. The summed E-state index contributed by atoms with van der Waals surface area (Å²) in [6.45, 7) is 2.73. The third kappa shape index (κ3) is 4.89. The van der Waals surface area contributed by atoms with Crippen LogP contribution < -0.4 is 28.8 Å². The Balaban J connectivity index is 1.01. The first-order valence-electron chi connectivity index (χ1n) is 13.6. The number of aromatic nitrogens is 2. The molecule has 5 aromatic rings. The predicted octanol–water partition coefficient (Wildman–Crippen LogP) is 6.96. The number of unbranched alkanes of at least 4 members (excludes halogenated alkanes) is 2. The van der Waals surface area contributed by atoms with E-state index < -0.39 is 0 Å². The summed E-state index contributed by atoms with van der Waals surface area (Å²) in [5.41, 5.74) is 4.73. The van der Waals surface area contributed by atoms with Gasteiger partial charge in [-0.1, -0.05) is 11.3 Å². The SMILES string of the molecule is COc1ccc2cc3[n+](cc2c1OCCCCCNc1nc2ccc(I)cc2s1)CCc1cc2c(cc1-3)OCO2. The zero-order chi connectivity index (χ0) is 27.1. The molecule has 0 atom stereocenters. The van der Waals surface area contributed by atoms with Crippen LogP contribution in [0.3, 0.4) is 0 Å². The summed E-state index contributed by atoms with van der Waals surface area (Å²) in [6.07, 6.45) is 6.25. The quantitative estimate of drug-likeness (QED) is 0.104. The van der Waals surface area contributed by atoms with Crippen LogP contribution in [0.15, 0.2) is 54.7 Å². The first kappa shape index (κ1) is 25.6. The van der Waals surface area contributed by atoms with E-state index in [4.69, 9.17) is 18.9 Å². The first-order chi connectivity index (χ1) is 19.7.